The number of carbonyl (C=O) groups is 2. The van der Waals surface area contributed by atoms with Crippen molar-refractivity contribution in [3.63, 3.8) is 0 Å². The highest BCUT2D eigenvalue weighted by Crippen LogP contribution is 2.49. The van der Waals surface area contributed by atoms with Crippen LogP contribution >= 0.6 is 0 Å². The number of hydrogen-bond acceptors (Lipinski definition) is 2. The predicted octanol–water partition coefficient (Wildman–Crippen LogP) is 2.70. The highest BCUT2D eigenvalue weighted by molar-refractivity contribution is 5.91. The van der Waals surface area contributed by atoms with E-state index in [0.717, 1.165) is 24.8 Å². The second kappa shape index (κ2) is 5.41. The van der Waals surface area contributed by atoms with Gasteiger partial charge in [-0.2, -0.15) is 0 Å². The van der Waals surface area contributed by atoms with Crippen LogP contribution in [0.15, 0.2) is 18.2 Å². The molecule has 0 saturated heterocycles. The zero-order valence-corrected chi connectivity index (χ0v) is 13.2. The molecule has 2 atom stereocenters. The molecule has 0 radical (unpaired) electrons. The van der Waals surface area contributed by atoms with E-state index in [1.165, 1.54) is 11.1 Å². The first-order valence-electron chi connectivity index (χ1n) is 8.03. The normalized spacial score (nSPS) is 25.7. The lowest BCUT2D eigenvalue weighted by atomic mass is 9.91. The Hall–Kier alpha value is -1.84. The highest BCUT2D eigenvalue weighted by Gasteiger charge is 2.52. The van der Waals surface area contributed by atoms with Crippen molar-refractivity contribution in [2.24, 2.45) is 5.92 Å². The Kier molecular flexibility index (Phi) is 3.71. The number of aryl methyl sites for hydroxylation is 2. The summed E-state index contributed by atoms with van der Waals surface area (Å²) in [5.41, 5.74) is 3.09. The standard InChI is InChI=1S/C18H23NO3/c1-11-7-12(2)9-14(8-11)18(5-6-18)17(22)19-15-4-3-13(10-15)16(20)21/h7-9,13,15H,3-6,10H2,1-2H3,(H,19,22)(H,20,21)/t13-,15+/m1/s1. The molecular formula is C18H23NO3. The Morgan fingerprint density at radius 3 is 2.27 bits per heavy atom. The first-order valence-corrected chi connectivity index (χ1v) is 8.03. The van der Waals surface area contributed by atoms with E-state index in [1.807, 2.05) is 0 Å². The second-order valence-corrected chi connectivity index (χ2v) is 6.98. The summed E-state index contributed by atoms with van der Waals surface area (Å²) in [5.74, 6) is -0.970. The van der Waals surface area contributed by atoms with Gasteiger partial charge in [-0.3, -0.25) is 9.59 Å². The smallest absolute Gasteiger partial charge is 0.306 e. The summed E-state index contributed by atoms with van der Waals surface area (Å²) in [7, 11) is 0. The molecule has 2 fully saturated rings. The number of nitrogens with one attached hydrogen (secondary N) is 1. The van der Waals surface area contributed by atoms with Crippen molar-refractivity contribution in [1.29, 1.82) is 0 Å². The number of aliphatic carboxylic acids is 1. The van der Waals surface area contributed by atoms with E-state index >= 15 is 0 Å². The molecule has 118 valence electrons. The molecule has 0 aromatic heterocycles. The number of carbonyl (C=O) groups excluding carboxylic acids is 1. The van der Waals surface area contributed by atoms with Gasteiger partial charge in [-0.1, -0.05) is 29.3 Å². The van der Waals surface area contributed by atoms with Crippen molar-refractivity contribution in [3.05, 3.63) is 34.9 Å². The summed E-state index contributed by atoms with van der Waals surface area (Å²) in [6.07, 6.45) is 3.76. The summed E-state index contributed by atoms with van der Waals surface area (Å²) in [5, 5.41) is 12.2. The Morgan fingerprint density at radius 2 is 1.77 bits per heavy atom. The molecule has 4 heteroatoms. The van der Waals surface area contributed by atoms with Crippen LogP contribution in [0.5, 0.6) is 0 Å². The molecule has 3 rings (SSSR count). The van der Waals surface area contributed by atoms with Crippen molar-refractivity contribution in [2.45, 2.75) is 57.4 Å². The lowest BCUT2D eigenvalue weighted by Crippen LogP contribution is -2.40. The maximum atomic E-state index is 12.7. The molecule has 2 N–H and O–H groups in total. The topological polar surface area (TPSA) is 66.4 Å². The van der Waals surface area contributed by atoms with Gasteiger partial charge in [0, 0.05) is 6.04 Å². The molecule has 2 aliphatic carbocycles. The lowest BCUT2D eigenvalue weighted by Gasteiger charge is -2.20. The zero-order chi connectivity index (χ0) is 15.9. The van der Waals surface area contributed by atoms with Gasteiger partial charge in [0.15, 0.2) is 0 Å². The molecule has 1 amide bonds. The van der Waals surface area contributed by atoms with Gasteiger partial charge in [-0.05, 0) is 51.5 Å². The summed E-state index contributed by atoms with van der Waals surface area (Å²) in [6, 6.07) is 6.34. The van der Waals surface area contributed by atoms with Crippen molar-refractivity contribution < 1.29 is 14.7 Å². The number of benzene rings is 1. The van der Waals surface area contributed by atoms with Crippen LogP contribution in [0.2, 0.25) is 0 Å². The van der Waals surface area contributed by atoms with Gasteiger partial charge in [0.1, 0.15) is 0 Å². The minimum atomic E-state index is -0.743. The van der Waals surface area contributed by atoms with Crippen molar-refractivity contribution in [3.8, 4) is 0 Å². The molecule has 0 spiro atoms. The average molecular weight is 301 g/mol. The number of rotatable bonds is 4. The van der Waals surface area contributed by atoms with Crippen LogP contribution in [0, 0.1) is 19.8 Å². The summed E-state index contributed by atoms with van der Waals surface area (Å²) in [4.78, 5) is 23.8. The monoisotopic (exact) mass is 301 g/mol. The molecule has 2 saturated carbocycles. The first-order chi connectivity index (χ1) is 10.4. The lowest BCUT2D eigenvalue weighted by molar-refractivity contribution is -0.141. The van der Waals surface area contributed by atoms with Gasteiger partial charge >= 0.3 is 5.97 Å². The minimum absolute atomic E-state index is 0.0111. The third-order valence-electron chi connectivity index (χ3n) is 5.08. The Labute approximate surface area is 130 Å². The fraction of sp³-hybridized carbons (Fsp3) is 0.556. The van der Waals surface area contributed by atoms with E-state index in [2.05, 4.69) is 37.4 Å². The Bertz CT molecular complexity index is 599. The minimum Gasteiger partial charge on any atom is -0.481 e. The third-order valence-corrected chi connectivity index (χ3v) is 5.08. The van der Waals surface area contributed by atoms with Crippen LogP contribution in [0.4, 0.5) is 0 Å². The van der Waals surface area contributed by atoms with Crippen molar-refractivity contribution in [1.82, 2.24) is 5.32 Å². The summed E-state index contributed by atoms with van der Waals surface area (Å²) >= 11 is 0. The molecule has 0 aliphatic heterocycles. The third kappa shape index (κ3) is 2.74. The van der Waals surface area contributed by atoms with Gasteiger partial charge in [-0.15, -0.1) is 0 Å². The maximum absolute atomic E-state index is 12.7. The molecule has 0 heterocycles. The Morgan fingerprint density at radius 1 is 1.14 bits per heavy atom. The number of hydrogen-bond donors (Lipinski definition) is 2. The predicted molar refractivity (Wildman–Crippen MR) is 83.7 cm³/mol. The largest absolute Gasteiger partial charge is 0.481 e. The van der Waals surface area contributed by atoms with E-state index in [9.17, 15) is 9.59 Å². The molecule has 22 heavy (non-hydrogen) atoms. The zero-order valence-electron chi connectivity index (χ0n) is 13.2. The van der Waals surface area contributed by atoms with Crippen molar-refractivity contribution in [2.75, 3.05) is 0 Å². The van der Waals surface area contributed by atoms with Gasteiger partial charge in [0.05, 0.1) is 11.3 Å². The highest BCUT2D eigenvalue weighted by atomic mass is 16.4. The molecule has 2 aliphatic rings. The van der Waals surface area contributed by atoms with Crippen LogP contribution < -0.4 is 5.32 Å². The van der Waals surface area contributed by atoms with Crippen LogP contribution in [-0.2, 0) is 15.0 Å². The van der Waals surface area contributed by atoms with E-state index in [1.54, 1.807) is 0 Å². The van der Waals surface area contributed by atoms with Crippen LogP contribution in [0.25, 0.3) is 0 Å². The summed E-state index contributed by atoms with van der Waals surface area (Å²) in [6.45, 7) is 4.11. The van der Waals surface area contributed by atoms with Crippen LogP contribution in [0.3, 0.4) is 0 Å². The van der Waals surface area contributed by atoms with Crippen LogP contribution in [0.1, 0.15) is 48.8 Å². The molecule has 1 aromatic rings. The van der Waals surface area contributed by atoms with Crippen molar-refractivity contribution >= 4 is 11.9 Å². The number of carboxylic acids is 1. The Balaban J connectivity index is 1.71. The van der Waals surface area contributed by atoms with Gasteiger partial charge in [0.25, 0.3) is 0 Å². The molecule has 1 aromatic carbocycles. The SMILES string of the molecule is Cc1cc(C)cc(C2(C(=O)N[C@H]3CC[C@@H](C(=O)O)C3)CC2)c1. The quantitative estimate of drug-likeness (QED) is 0.898. The van der Waals surface area contributed by atoms with Gasteiger partial charge < -0.3 is 10.4 Å². The fourth-order valence-electron chi connectivity index (χ4n) is 3.68. The number of amides is 1. The molecule has 0 bridgehead atoms. The van der Waals surface area contributed by atoms with E-state index < -0.39 is 5.97 Å². The number of carboxylic acid groups (broad SMARTS) is 1. The average Bonchev–Trinajstić information content (AvgIpc) is 3.12. The van der Waals surface area contributed by atoms with E-state index in [4.69, 9.17) is 5.11 Å². The molecule has 0 unspecified atom stereocenters. The molecular weight excluding hydrogens is 278 g/mol. The van der Waals surface area contributed by atoms with Crippen LogP contribution in [-0.4, -0.2) is 23.0 Å². The van der Waals surface area contributed by atoms with Gasteiger partial charge in [-0.25, -0.2) is 0 Å². The summed E-state index contributed by atoms with van der Waals surface area (Å²) < 4.78 is 0. The maximum Gasteiger partial charge on any atom is 0.306 e. The van der Waals surface area contributed by atoms with Gasteiger partial charge in [0.2, 0.25) is 5.91 Å². The fourth-order valence-corrected chi connectivity index (χ4v) is 3.68. The second-order valence-electron chi connectivity index (χ2n) is 6.98. The van der Waals surface area contributed by atoms with E-state index in [0.29, 0.717) is 12.8 Å². The van der Waals surface area contributed by atoms with E-state index in [-0.39, 0.29) is 23.3 Å². The molecule has 4 nitrogen and oxygen atoms in total. The first kappa shape index (κ1) is 15.1.